The molecule has 1 N–H and O–H groups in total. The molecular formula is C20H17N2O5S-. The van der Waals surface area contributed by atoms with E-state index in [1.54, 1.807) is 30.3 Å². The lowest BCUT2D eigenvalue weighted by Gasteiger charge is -2.23. The summed E-state index contributed by atoms with van der Waals surface area (Å²) in [6.07, 6.45) is 1.01. The monoisotopic (exact) mass is 397 g/mol. The molecule has 0 saturated carbocycles. The van der Waals surface area contributed by atoms with Crippen molar-refractivity contribution in [2.24, 2.45) is 0 Å². The second-order valence-corrected chi connectivity index (χ2v) is 8.06. The van der Waals surface area contributed by atoms with Crippen LogP contribution in [0.1, 0.15) is 10.4 Å². The molecule has 0 unspecified atom stereocenters. The number of anilines is 2. The molecule has 0 heterocycles. The Labute approximate surface area is 162 Å². The van der Waals surface area contributed by atoms with Crippen molar-refractivity contribution >= 4 is 44.0 Å². The number of carbonyl (C=O) groups is 2. The highest BCUT2D eigenvalue weighted by Gasteiger charge is 2.23. The van der Waals surface area contributed by atoms with Gasteiger partial charge in [0, 0.05) is 16.6 Å². The number of hydrogen-bond acceptors (Lipinski definition) is 5. The molecule has 0 bridgehead atoms. The van der Waals surface area contributed by atoms with Crippen LogP contribution < -0.4 is 14.7 Å². The quantitative estimate of drug-likeness (QED) is 0.680. The SMILES string of the molecule is CS(=O)(=O)N(CC(=O)Nc1ccccc1C(=O)[O-])c1cccc2ccccc12. The zero-order valence-corrected chi connectivity index (χ0v) is 15.8. The number of aromatic carboxylic acids is 1. The molecule has 0 atom stereocenters. The molecule has 0 aromatic heterocycles. The van der Waals surface area contributed by atoms with Crippen molar-refractivity contribution in [3.05, 3.63) is 72.3 Å². The van der Waals surface area contributed by atoms with Crippen molar-refractivity contribution in [2.45, 2.75) is 0 Å². The molecule has 0 fully saturated rings. The second-order valence-electron chi connectivity index (χ2n) is 6.15. The number of nitrogens with zero attached hydrogens (tertiary/aromatic N) is 1. The number of para-hydroxylation sites is 1. The standard InChI is InChI=1S/C20H18N2O5S/c1-28(26,27)22(18-12-6-8-14-7-2-3-9-15(14)18)13-19(23)21-17-11-5-4-10-16(17)20(24)25/h2-12H,13H2,1H3,(H,21,23)(H,24,25)/p-1. The Kier molecular flexibility index (Phi) is 5.32. The third kappa shape index (κ3) is 4.12. The molecule has 8 heteroatoms. The Morgan fingerprint density at radius 2 is 1.61 bits per heavy atom. The maximum atomic E-state index is 12.5. The van der Waals surface area contributed by atoms with Gasteiger partial charge in [0.2, 0.25) is 15.9 Å². The normalized spacial score (nSPS) is 11.2. The third-order valence-electron chi connectivity index (χ3n) is 4.14. The van der Waals surface area contributed by atoms with Crippen LogP contribution in [0, 0.1) is 0 Å². The minimum atomic E-state index is -3.78. The lowest BCUT2D eigenvalue weighted by Crippen LogP contribution is -2.38. The molecule has 3 aromatic carbocycles. The predicted molar refractivity (Wildman–Crippen MR) is 106 cm³/mol. The van der Waals surface area contributed by atoms with Crippen molar-refractivity contribution in [2.75, 3.05) is 22.4 Å². The van der Waals surface area contributed by atoms with Crippen molar-refractivity contribution in [3.8, 4) is 0 Å². The summed E-state index contributed by atoms with van der Waals surface area (Å²) in [7, 11) is -3.78. The predicted octanol–water partition coefficient (Wildman–Crippen LogP) is 1.61. The van der Waals surface area contributed by atoms with Crippen LogP contribution in [0.25, 0.3) is 10.8 Å². The van der Waals surface area contributed by atoms with E-state index in [2.05, 4.69) is 5.32 Å². The summed E-state index contributed by atoms with van der Waals surface area (Å²) in [4.78, 5) is 23.7. The Bertz CT molecular complexity index is 1150. The summed E-state index contributed by atoms with van der Waals surface area (Å²) in [5.74, 6) is -2.11. The molecule has 0 saturated heterocycles. The summed E-state index contributed by atoms with van der Waals surface area (Å²) in [5.41, 5.74) is 0.217. The first-order chi connectivity index (χ1) is 13.3. The third-order valence-corrected chi connectivity index (χ3v) is 5.27. The molecule has 7 nitrogen and oxygen atoms in total. The number of carbonyl (C=O) groups excluding carboxylic acids is 2. The van der Waals surface area contributed by atoms with Crippen LogP contribution >= 0.6 is 0 Å². The fraction of sp³-hybridized carbons (Fsp3) is 0.100. The van der Waals surface area contributed by atoms with Gasteiger partial charge in [-0.15, -0.1) is 0 Å². The Hall–Kier alpha value is -3.39. The summed E-state index contributed by atoms with van der Waals surface area (Å²) >= 11 is 0. The average molecular weight is 397 g/mol. The highest BCUT2D eigenvalue weighted by molar-refractivity contribution is 7.92. The molecule has 0 radical (unpaired) electrons. The van der Waals surface area contributed by atoms with Gasteiger partial charge in [-0.1, -0.05) is 54.6 Å². The number of carboxylic acids is 1. The van der Waals surface area contributed by atoms with Gasteiger partial charge in [0.05, 0.1) is 17.9 Å². The maximum absolute atomic E-state index is 12.5. The molecule has 1 amide bonds. The maximum Gasteiger partial charge on any atom is 0.245 e. The lowest BCUT2D eigenvalue weighted by molar-refractivity contribution is -0.254. The molecular weight excluding hydrogens is 380 g/mol. The van der Waals surface area contributed by atoms with Crippen molar-refractivity contribution < 1.29 is 23.1 Å². The molecule has 3 aromatic rings. The first-order valence-corrected chi connectivity index (χ1v) is 10.2. The van der Waals surface area contributed by atoms with Crippen LogP contribution in [0.5, 0.6) is 0 Å². The number of amides is 1. The molecule has 0 aliphatic heterocycles. The van der Waals surface area contributed by atoms with Crippen LogP contribution in [0.3, 0.4) is 0 Å². The minimum absolute atomic E-state index is 0.0406. The van der Waals surface area contributed by atoms with E-state index < -0.39 is 28.4 Å². The number of benzene rings is 3. The van der Waals surface area contributed by atoms with Gasteiger partial charge in [-0.05, 0) is 17.5 Å². The minimum Gasteiger partial charge on any atom is -0.545 e. The second kappa shape index (κ2) is 7.69. The number of rotatable bonds is 6. The van der Waals surface area contributed by atoms with E-state index in [1.165, 1.54) is 18.2 Å². The van der Waals surface area contributed by atoms with E-state index in [9.17, 15) is 23.1 Å². The van der Waals surface area contributed by atoms with Gasteiger partial charge in [-0.25, -0.2) is 8.42 Å². The first-order valence-electron chi connectivity index (χ1n) is 8.33. The molecule has 0 aliphatic rings. The van der Waals surface area contributed by atoms with Crippen LogP contribution in [-0.4, -0.2) is 33.1 Å². The summed E-state index contributed by atoms with van der Waals surface area (Å²) in [6.45, 7) is -0.506. The van der Waals surface area contributed by atoms with E-state index in [0.717, 1.165) is 15.9 Å². The highest BCUT2D eigenvalue weighted by atomic mass is 32.2. The van der Waals surface area contributed by atoms with Gasteiger partial charge in [-0.2, -0.15) is 0 Å². The van der Waals surface area contributed by atoms with E-state index in [4.69, 9.17) is 0 Å². The van der Waals surface area contributed by atoms with Crippen LogP contribution in [-0.2, 0) is 14.8 Å². The van der Waals surface area contributed by atoms with Crippen molar-refractivity contribution in [1.82, 2.24) is 0 Å². The van der Waals surface area contributed by atoms with Gasteiger partial charge >= 0.3 is 0 Å². The van der Waals surface area contributed by atoms with Crippen molar-refractivity contribution in [3.63, 3.8) is 0 Å². The van der Waals surface area contributed by atoms with E-state index in [0.29, 0.717) is 11.1 Å². The van der Waals surface area contributed by atoms with Crippen LogP contribution in [0.4, 0.5) is 11.4 Å². The molecule has 3 rings (SSSR count). The largest absolute Gasteiger partial charge is 0.545 e. The van der Waals surface area contributed by atoms with Gasteiger partial charge < -0.3 is 15.2 Å². The van der Waals surface area contributed by atoms with E-state index in [1.807, 2.05) is 18.2 Å². The summed E-state index contributed by atoms with van der Waals surface area (Å²) < 4.78 is 25.8. The molecule has 0 spiro atoms. The number of fused-ring (bicyclic) bond motifs is 1. The van der Waals surface area contributed by atoms with Crippen LogP contribution in [0.2, 0.25) is 0 Å². The van der Waals surface area contributed by atoms with Gasteiger partial charge in [0.15, 0.2) is 0 Å². The molecule has 0 aliphatic carbocycles. The number of carboxylic acid groups (broad SMARTS) is 1. The topological polar surface area (TPSA) is 107 Å². The Morgan fingerprint density at radius 1 is 0.964 bits per heavy atom. The number of hydrogen-bond donors (Lipinski definition) is 1. The van der Waals surface area contributed by atoms with Gasteiger partial charge in [0.1, 0.15) is 6.54 Å². The number of nitrogens with one attached hydrogen (secondary N) is 1. The highest BCUT2D eigenvalue weighted by Crippen LogP contribution is 2.28. The average Bonchev–Trinajstić information content (AvgIpc) is 2.65. The van der Waals surface area contributed by atoms with Gasteiger partial charge in [0.25, 0.3) is 0 Å². The zero-order chi connectivity index (χ0) is 20.3. The molecule has 28 heavy (non-hydrogen) atoms. The van der Waals surface area contributed by atoms with Crippen molar-refractivity contribution in [1.29, 1.82) is 0 Å². The Morgan fingerprint density at radius 3 is 2.32 bits per heavy atom. The number of sulfonamides is 1. The summed E-state index contributed by atoms with van der Waals surface area (Å²) in [5, 5.41) is 15.1. The van der Waals surface area contributed by atoms with Crippen LogP contribution in [0.15, 0.2) is 66.7 Å². The molecule has 144 valence electrons. The van der Waals surface area contributed by atoms with Gasteiger partial charge in [-0.3, -0.25) is 9.10 Å². The first kappa shape index (κ1) is 19.4. The van der Waals surface area contributed by atoms with E-state index in [-0.39, 0.29) is 11.3 Å². The fourth-order valence-electron chi connectivity index (χ4n) is 2.90. The van der Waals surface area contributed by atoms with E-state index >= 15 is 0 Å². The Balaban J connectivity index is 1.95. The zero-order valence-electron chi connectivity index (χ0n) is 15.0. The fourth-order valence-corrected chi connectivity index (χ4v) is 3.77. The lowest BCUT2D eigenvalue weighted by atomic mass is 10.1. The smallest absolute Gasteiger partial charge is 0.245 e. The summed E-state index contributed by atoms with van der Waals surface area (Å²) in [6, 6.07) is 18.2.